The molecular weight excluding hydrogens is 392 g/mol. The van der Waals surface area contributed by atoms with Gasteiger partial charge in [0.25, 0.3) is 0 Å². The maximum Gasteiger partial charge on any atom is 0.0945 e. The van der Waals surface area contributed by atoms with Gasteiger partial charge < -0.3 is 9.13 Å². The minimum Gasteiger partial charge on any atom is -0.337 e. The highest BCUT2D eigenvalue weighted by molar-refractivity contribution is 5.45. The van der Waals surface area contributed by atoms with Crippen molar-refractivity contribution in [3.8, 4) is 0 Å². The number of benzene rings is 1. The van der Waals surface area contributed by atoms with Crippen LogP contribution in [0.25, 0.3) is 0 Å². The molecule has 0 aliphatic heterocycles. The summed E-state index contributed by atoms with van der Waals surface area (Å²) in [6, 6.07) is 4.90. The highest BCUT2D eigenvalue weighted by Gasteiger charge is 2.11. The molecule has 32 heavy (non-hydrogen) atoms. The zero-order valence-corrected chi connectivity index (χ0v) is 19.5. The number of rotatable bonds is 16. The van der Waals surface area contributed by atoms with Crippen LogP contribution < -0.4 is 0 Å². The molecule has 4 radical (unpaired) electrons. The quantitative estimate of drug-likeness (QED) is 0.245. The van der Waals surface area contributed by atoms with Crippen molar-refractivity contribution < 1.29 is 0 Å². The Kier molecular flexibility index (Phi) is 10.6. The Hall–Kier alpha value is -2.36. The number of imidazole rings is 2. The second-order valence-electron chi connectivity index (χ2n) is 8.46. The van der Waals surface area contributed by atoms with Gasteiger partial charge in [0.2, 0.25) is 0 Å². The lowest BCUT2D eigenvalue weighted by molar-refractivity contribution is 0.598. The summed E-state index contributed by atoms with van der Waals surface area (Å²) in [6.07, 6.45) is 27.2. The first-order valence-corrected chi connectivity index (χ1v) is 12.1. The van der Waals surface area contributed by atoms with E-state index < -0.39 is 0 Å². The van der Waals surface area contributed by atoms with Crippen molar-refractivity contribution in [2.45, 2.75) is 77.3 Å². The average molecular weight is 431 g/mol. The second kappa shape index (κ2) is 13.9. The number of hydrogen-bond acceptors (Lipinski definition) is 2. The molecule has 0 saturated carbocycles. The number of unbranched alkanes of at least 4 members (excludes halogenated alkanes) is 4. The molecule has 2 aromatic heterocycles. The van der Waals surface area contributed by atoms with Crippen LogP contribution >= 0.6 is 0 Å². The van der Waals surface area contributed by atoms with Crippen LogP contribution in [-0.2, 0) is 25.9 Å². The van der Waals surface area contributed by atoms with Gasteiger partial charge in [0.15, 0.2) is 0 Å². The Morgan fingerprint density at radius 1 is 0.688 bits per heavy atom. The lowest BCUT2D eigenvalue weighted by atomic mass is 9.89. The Balaban J connectivity index is 1.66. The number of hydrogen-bond donors (Lipinski definition) is 0. The fourth-order valence-electron chi connectivity index (χ4n) is 4.12. The highest BCUT2D eigenvalue weighted by atomic mass is 15.0. The molecule has 0 bridgehead atoms. The number of aryl methyl sites for hydroxylation is 4. The van der Waals surface area contributed by atoms with Crippen molar-refractivity contribution >= 4 is 0 Å². The summed E-state index contributed by atoms with van der Waals surface area (Å²) in [7, 11) is 0. The fraction of sp³-hybridized carbons (Fsp3) is 0.429. The lowest BCUT2D eigenvalue weighted by Crippen LogP contribution is -2.03. The maximum atomic E-state index is 4.15. The first-order chi connectivity index (χ1) is 15.8. The summed E-state index contributed by atoms with van der Waals surface area (Å²) in [5.74, 6) is 0. The molecular formula is C28H38N4. The summed E-state index contributed by atoms with van der Waals surface area (Å²) in [4.78, 5) is 8.30. The van der Waals surface area contributed by atoms with E-state index in [1.165, 1.54) is 47.9 Å². The van der Waals surface area contributed by atoms with Crippen LogP contribution in [-0.4, -0.2) is 19.1 Å². The van der Waals surface area contributed by atoms with Gasteiger partial charge in [-0.25, -0.2) is 9.97 Å². The topological polar surface area (TPSA) is 35.6 Å². The minimum atomic E-state index is 0.936. The molecule has 0 aliphatic carbocycles. The zero-order chi connectivity index (χ0) is 22.4. The molecule has 4 heteroatoms. The van der Waals surface area contributed by atoms with E-state index in [4.69, 9.17) is 0 Å². The van der Waals surface area contributed by atoms with E-state index in [9.17, 15) is 0 Å². The normalized spacial score (nSPS) is 11.3. The van der Waals surface area contributed by atoms with E-state index >= 15 is 0 Å². The van der Waals surface area contributed by atoms with Crippen LogP contribution in [0.4, 0.5) is 0 Å². The van der Waals surface area contributed by atoms with Crippen molar-refractivity contribution in [2.24, 2.45) is 0 Å². The molecule has 0 saturated heterocycles. The Morgan fingerprint density at radius 2 is 1.16 bits per heavy atom. The summed E-state index contributed by atoms with van der Waals surface area (Å²) in [5.41, 5.74) is 5.77. The molecule has 4 nitrogen and oxygen atoms in total. The lowest BCUT2D eigenvalue weighted by Gasteiger charge is -2.17. The first kappa shape index (κ1) is 24.3. The van der Waals surface area contributed by atoms with Crippen LogP contribution in [0.2, 0.25) is 0 Å². The monoisotopic (exact) mass is 430 g/mol. The smallest absolute Gasteiger partial charge is 0.0945 e. The van der Waals surface area contributed by atoms with Gasteiger partial charge in [-0.3, -0.25) is 0 Å². The largest absolute Gasteiger partial charge is 0.337 e. The molecule has 0 N–H and O–H groups in total. The predicted molar refractivity (Wildman–Crippen MR) is 133 cm³/mol. The Bertz CT molecular complexity index is 792. The van der Waals surface area contributed by atoms with Crippen molar-refractivity contribution in [3.63, 3.8) is 0 Å². The molecule has 0 aliphatic rings. The number of aromatic nitrogens is 4. The molecule has 0 unspecified atom stereocenters. The highest BCUT2D eigenvalue weighted by Crippen LogP contribution is 2.26. The van der Waals surface area contributed by atoms with Crippen LogP contribution in [0.5, 0.6) is 0 Å². The molecule has 0 amide bonds. The van der Waals surface area contributed by atoms with Crippen molar-refractivity contribution in [1.29, 1.82) is 0 Å². The predicted octanol–water partition coefficient (Wildman–Crippen LogP) is 6.46. The van der Waals surface area contributed by atoms with Gasteiger partial charge >= 0.3 is 0 Å². The van der Waals surface area contributed by atoms with E-state index in [0.717, 1.165) is 51.6 Å². The minimum absolute atomic E-state index is 0.936. The summed E-state index contributed by atoms with van der Waals surface area (Å²) >= 11 is 0. The summed E-state index contributed by atoms with van der Waals surface area (Å²) in [5, 5.41) is 0. The van der Waals surface area contributed by atoms with Crippen LogP contribution in [0.1, 0.15) is 73.6 Å². The third kappa shape index (κ3) is 7.96. The number of nitrogens with zero attached hydrogens (tertiary/aromatic N) is 4. The molecule has 0 fully saturated rings. The standard InChI is InChI=1S/C28H38N4/c1-3-5-11-25-21-27(13-7-9-17-31-19-15-29-23-31)28(22-26(25)12-6-4-2)14-8-10-18-32-20-16-30-24-32/h11-12,15-16,19-24H,1-10,13-14,17-18H2. The van der Waals surface area contributed by atoms with E-state index in [1.54, 1.807) is 0 Å². The molecule has 3 rings (SSSR count). The van der Waals surface area contributed by atoms with Crippen molar-refractivity contribution in [1.82, 2.24) is 19.1 Å². The molecule has 0 atom stereocenters. The van der Waals surface area contributed by atoms with Crippen LogP contribution in [0.3, 0.4) is 0 Å². The van der Waals surface area contributed by atoms with Gasteiger partial charge in [-0.15, -0.1) is 0 Å². The van der Waals surface area contributed by atoms with Crippen molar-refractivity contribution in [3.05, 3.63) is 98.5 Å². The molecule has 1 aromatic carbocycles. The van der Waals surface area contributed by atoms with Gasteiger partial charge in [0.1, 0.15) is 0 Å². The van der Waals surface area contributed by atoms with Crippen molar-refractivity contribution in [2.75, 3.05) is 0 Å². The third-order valence-corrected chi connectivity index (χ3v) is 5.89. The van der Waals surface area contributed by atoms with E-state index in [1.807, 2.05) is 37.4 Å². The van der Waals surface area contributed by atoms with E-state index in [0.29, 0.717) is 0 Å². The van der Waals surface area contributed by atoms with Gasteiger partial charge in [-0.05, 0) is 86.5 Å². The Morgan fingerprint density at radius 3 is 1.53 bits per heavy atom. The molecule has 2 heterocycles. The maximum absolute atomic E-state index is 4.15. The molecule has 170 valence electrons. The summed E-state index contributed by atoms with van der Waals surface area (Å²) in [6.45, 7) is 10.1. The van der Waals surface area contributed by atoms with Crippen LogP contribution in [0, 0.1) is 26.7 Å². The fourth-order valence-corrected chi connectivity index (χ4v) is 4.12. The molecule has 3 aromatic rings. The third-order valence-electron chi connectivity index (χ3n) is 5.89. The summed E-state index contributed by atoms with van der Waals surface area (Å²) < 4.78 is 4.34. The van der Waals surface area contributed by atoms with Gasteiger partial charge in [0, 0.05) is 37.9 Å². The Labute approximate surface area is 195 Å². The molecule has 0 spiro atoms. The van der Waals surface area contributed by atoms with Crippen LogP contribution in [0.15, 0.2) is 49.6 Å². The van der Waals surface area contributed by atoms with E-state index in [-0.39, 0.29) is 0 Å². The van der Waals surface area contributed by atoms with E-state index in [2.05, 4.69) is 57.9 Å². The second-order valence-corrected chi connectivity index (χ2v) is 8.46. The average Bonchev–Trinajstić information content (AvgIpc) is 3.52. The SMILES string of the molecule is [CH2]CC[CH]c1cc(CCCCn2ccnc2)c(CCCCn2ccnc2)cc1[CH]CC[CH2]. The first-order valence-electron chi connectivity index (χ1n) is 12.1. The van der Waals surface area contributed by atoms with Gasteiger partial charge in [0.05, 0.1) is 12.7 Å². The van der Waals surface area contributed by atoms with Gasteiger partial charge in [-0.1, -0.05) is 38.8 Å². The van der Waals surface area contributed by atoms with Gasteiger partial charge in [-0.2, -0.15) is 0 Å². The zero-order valence-electron chi connectivity index (χ0n) is 19.5.